The first-order valence-corrected chi connectivity index (χ1v) is 6.44. The molecule has 1 rings (SSSR count). The fourth-order valence-electron chi connectivity index (χ4n) is 1.43. The number of methoxy groups -OCH3 is 1. The molecule has 6 heteroatoms. The minimum atomic E-state index is -0.683. The van der Waals surface area contributed by atoms with Crippen molar-refractivity contribution in [2.24, 2.45) is 0 Å². The predicted octanol–water partition coefficient (Wildman–Crippen LogP) is 1.19. The fourth-order valence-corrected chi connectivity index (χ4v) is 2.14. The molecule has 1 amide bonds. The maximum absolute atomic E-state index is 11.7. The normalized spacial score (nSPS) is 11.9. The number of rotatable bonds is 6. The highest BCUT2D eigenvalue weighted by atomic mass is 32.1. The van der Waals surface area contributed by atoms with Crippen LogP contribution < -0.4 is 0 Å². The summed E-state index contributed by atoms with van der Waals surface area (Å²) >= 11 is 1.44. The molecule has 0 spiro atoms. The monoisotopic (exact) mass is 271 g/mol. The summed E-state index contributed by atoms with van der Waals surface area (Å²) in [6.45, 7) is 0.223. The molecule has 5 nitrogen and oxygen atoms in total. The number of likely N-dealkylation sites (N-methyl/N-ethyl adjacent to an activating group) is 1. The number of carbonyl (C=O) groups is 2. The van der Waals surface area contributed by atoms with E-state index < -0.39 is 12.1 Å². The van der Waals surface area contributed by atoms with E-state index in [4.69, 9.17) is 0 Å². The van der Waals surface area contributed by atoms with Crippen LogP contribution in [0.25, 0.3) is 0 Å². The third-order valence-corrected chi connectivity index (χ3v) is 3.49. The van der Waals surface area contributed by atoms with Gasteiger partial charge in [-0.1, -0.05) is 6.07 Å². The Bertz CT molecular complexity index is 391. The highest BCUT2D eigenvalue weighted by molar-refractivity contribution is 7.10. The van der Waals surface area contributed by atoms with Crippen LogP contribution in [0.5, 0.6) is 0 Å². The molecule has 1 aromatic heterocycles. The van der Waals surface area contributed by atoms with E-state index in [2.05, 4.69) is 4.74 Å². The van der Waals surface area contributed by atoms with Gasteiger partial charge in [0, 0.05) is 18.3 Å². The van der Waals surface area contributed by atoms with Crippen LogP contribution in [0.1, 0.15) is 23.8 Å². The second kappa shape index (κ2) is 7.13. The molecule has 18 heavy (non-hydrogen) atoms. The van der Waals surface area contributed by atoms with E-state index in [0.29, 0.717) is 0 Å². The van der Waals surface area contributed by atoms with E-state index >= 15 is 0 Å². The summed E-state index contributed by atoms with van der Waals surface area (Å²) in [6, 6.07) is 3.67. The van der Waals surface area contributed by atoms with Crippen LogP contribution in [-0.4, -0.2) is 42.6 Å². The molecule has 0 aliphatic rings. The summed E-state index contributed by atoms with van der Waals surface area (Å²) in [4.78, 5) is 24.8. The van der Waals surface area contributed by atoms with Gasteiger partial charge in [0.1, 0.15) is 6.10 Å². The van der Waals surface area contributed by atoms with Crippen molar-refractivity contribution in [1.82, 2.24) is 4.90 Å². The Morgan fingerprint density at radius 3 is 2.78 bits per heavy atom. The number of nitrogens with zero attached hydrogens (tertiary/aromatic N) is 1. The quantitative estimate of drug-likeness (QED) is 0.789. The molecule has 100 valence electrons. The van der Waals surface area contributed by atoms with Crippen molar-refractivity contribution in [3.05, 3.63) is 22.4 Å². The van der Waals surface area contributed by atoms with Gasteiger partial charge in [0.15, 0.2) is 0 Å². The maximum atomic E-state index is 11.7. The molecule has 0 aliphatic heterocycles. The van der Waals surface area contributed by atoms with Crippen LogP contribution in [0.15, 0.2) is 17.5 Å². The molecule has 1 atom stereocenters. The first-order chi connectivity index (χ1) is 8.54. The molecule has 1 aromatic rings. The second-order valence-electron chi connectivity index (χ2n) is 3.88. The van der Waals surface area contributed by atoms with E-state index in [1.807, 2.05) is 17.5 Å². The van der Waals surface area contributed by atoms with Crippen molar-refractivity contribution in [2.45, 2.75) is 18.9 Å². The lowest BCUT2D eigenvalue weighted by Crippen LogP contribution is -2.31. The van der Waals surface area contributed by atoms with Crippen LogP contribution >= 0.6 is 11.3 Å². The van der Waals surface area contributed by atoms with Gasteiger partial charge in [-0.3, -0.25) is 9.59 Å². The predicted molar refractivity (Wildman–Crippen MR) is 68.2 cm³/mol. The SMILES string of the molecule is COC(=O)CCC(=O)N(C)CC(O)c1cccs1. The minimum absolute atomic E-state index is 0.0643. The molecular formula is C12H17NO4S. The van der Waals surface area contributed by atoms with Crippen LogP contribution in [0.4, 0.5) is 0 Å². The Hall–Kier alpha value is -1.40. The van der Waals surface area contributed by atoms with Crippen molar-refractivity contribution in [1.29, 1.82) is 0 Å². The lowest BCUT2D eigenvalue weighted by Gasteiger charge is -2.20. The number of ether oxygens (including phenoxy) is 1. The summed E-state index contributed by atoms with van der Waals surface area (Å²) in [5, 5.41) is 11.7. The topological polar surface area (TPSA) is 66.8 Å². The van der Waals surface area contributed by atoms with Crippen LogP contribution in [-0.2, 0) is 14.3 Å². The van der Waals surface area contributed by atoms with Gasteiger partial charge >= 0.3 is 5.97 Å². The van der Waals surface area contributed by atoms with Gasteiger partial charge in [0.05, 0.1) is 20.1 Å². The summed E-state index contributed by atoms with van der Waals surface area (Å²) in [6.07, 6.45) is -0.521. The smallest absolute Gasteiger partial charge is 0.306 e. The van der Waals surface area contributed by atoms with Crippen molar-refractivity contribution >= 4 is 23.2 Å². The van der Waals surface area contributed by atoms with Gasteiger partial charge in [0.25, 0.3) is 0 Å². The zero-order valence-electron chi connectivity index (χ0n) is 10.5. The molecule has 0 radical (unpaired) electrons. The Labute approximate surface area is 110 Å². The number of aliphatic hydroxyl groups excluding tert-OH is 1. The van der Waals surface area contributed by atoms with E-state index in [9.17, 15) is 14.7 Å². The lowest BCUT2D eigenvalue weighted by molar-refractivity contribution is -0.143. The number of aliphatic hydroxyl groups is 1. The van der Waals surface area contributed by atoms with Gasteiger partial charge in [-0.25, -0.2) is 0 Å². The first kappa shape index (κ1) is 14.7. The summed E-state index contributed by atoms with van der Waals surface area (Å²) in [7, 11) is 2.90. The average Bonchev–Trinajstić information content (AvgIpc) is 2.89. The maximum Gasteiger partial charge on any atom is 0.306 e. The number of amides is 1. The fraction of sp³-hybridized carbons (Fsp3) is 0.500. The zero-order valence-corrected chi connectivity index (χ0v) is 11.3. The Balaban J connectivity index is 2.38. The highest BCUT2D eigenvalue weighted by Gasteiger charge is 2.16. The number of thiophene rings is 1. The molecule has 0 aromatic carbocycles. The molecule has 1 unspecified atom stereocenters. The summed E-state index contributed by atoms with van der Waals surface area (Å²) in [5.41, 5.74) is 0. The zero-order chi connectivity index (χ0) is 13.5. The van der Waals surface area contributed by atoms with Gasteiger partial charge in [-0.05, 0) is 11.4 Å². The Morgan fingerprint density at radius 2 is 2.22 bits per heavy atom. The summed E-state index contributed by atoms with van der Waals surface area (Å²) in [5.74, 6) is -0.591. The minimum Gasteiger partial charge on any atom is -0.469 e. The second-order valence-corrected chi connectivity index (χ2v) is 4.86. The summed E-state index contributed by atoms with van der Waals surface area (Å²) < 4.78 is 4.46. The largest absolute Gasteiger partial charge is 0.469 e. The molecular weight excluding hydrogens is 254 g/mol. The molecule has 0 aliphatic carbocycles. The third-order valence-electron chi connectivity index (χ3n) is 2.51. The molecule has 1 N–H and O–H groups in total. The molecule has 0 saturated carbocycles. The van der Waals surface area contributed by atoms with E-state index in [1.165, 1.54) is 23.3 Å². The van der Waals surface area contributed by atoms with E-state index in [-0.39, 0.29) is 25.3 Å². The number of esters is 1. The van der Waals surface area contributed by atoms with Gasteiger partial charge in [-0.2, -0.15) is 0 Å². The number of hydrogen-bond donors (Lipinski definition) is 1. The van der Waals surface area contributed by atoms with Crippen molar-refractivity contribution < 1.29 is 19.4 Å². The average molecular weight is 271 g/mol. The van der Waals surface area contributed by atoms with Gasteiger partial charge in [-0.15, -0.1) is 11.3 Å². The lowest BCUT2D eigenvalue weighted by atomic mass is 10.2. The van der Waals surface area contributed by atoms with Crippen molar-refractivity contribution in [3.63, 3.8) is 0 Å². The van der Waals surface area contributed by atoms with Gasteiger partial charge < -0.3 is 14.7 Å². The number of carbonyl (C=O) groups excluding carboxylic acids is 2. The molecule has 1 heterocycles. The Morgan fingerprint density at radius 1 is 1.50 bits per heavy atom. The van der Waals surface area contributed by atoms with Crippen LogP contribution in [0.3, 0.4) is 0 Å². The Kier molecular flexibility index (Phi) is 5.80. The van der Waals surface area contributed by atoms with E-state index in [1.54, 1.807) is 7.05 Å². The molecule has 0 fully saturated rings. The number of hydrogen-bond acceptors (Lipinski definition) is 5. The van der Waals surface area contributed by atoms with Crippen molar-refractivity contribution in [3.8, 4) is 0 Å². The van der Waals surface area contributed by atoms with Crippen molar-refractivity contribution in [2.75, 3.05) is 20.7 Å². The third kappa shape index (κ3) is 4.46. The first-order valence-electron chi connectivity index (χ1n) is 5.57. The van der Waals surface area contributed by atoms with Crippen LogP contribution in [0.2, 0.25) is 0 Å². The molecule has 0 bridgehead atoms. The van der Waals surface area contributed by atoms with Crippen LogP contribution in [0, 0.1) is 0 Å². The molecule has 0 saturated heterocycles. The van der Waals surface area contributed by atoms with Gasteiger partial charge in [0.2, 0.25) is 5.91 Å². The van der Waals surface area contributed by atoms with E-state index in [0.717, 1.165) is 4.88 Å². The highest BCUT2D eigenvalue weighted by Crippen LogP contribution is 2.19. The standard InChI is InChI=1S/C12H17NO4S/c1-13(11(15)5-6-12(16)17-2)8-9(14)10-4-3-7-18-10/h3-4,7,9,14H,5-6,8H2,1-2H3.